The summed E-state index contributed by atoms with van der Waals surface area (Å²) in [6.07, 6.45) is 6.82. The first-order valence-electron chi connectivity index (χ1n) is 4.09. The first kappa shape index (κ1) is 8.54. The second-order valence-electron chi connectivity index (χ2n) is 3.40. The average Bonchev–Trinajstić information content (AvgIpc) is 2.06. The molecule has 1 nitrogen and oxygen atoms in total. The molecule has 0 heterocycles. The molecule has 2 heteroatoms. The summed E-state index contributed by atoms with van der Waals surface area (Å²) in [5.74, 6) is 0. The van der Waals surface area contributed by atoms with Gasteiger partial charge in [0.2, 0.25) is 0 Å². The number of alkyl halides is 1. The van der Waals surface area contributed by atoms with Gasteiger partial charge in [-0.05, 0) is 24.8 Å². The molecule has 0 aromatic rings. The van der Waals surface area contributed by atoms with E-state index in [2.05, 4.69) is 15.9 Å². The van der Waals surface area contributed by atoms with E-state index >= 15 is 0 Å². The van der Waals surface area contributed by atoms with Crippen LogP contribution in [0.2, 0.25) is 0 Å². The molecule has 0 spiro atoms. The van der Waals surface area contributed by atoms with E-state index in [4.69, 9.17) is 5.73 Å². The summed E-state index contributed by atoms with van der Waals surface area (Å²) in [6, 6.07) is 0. The minimum atomic E-state index is 0.457. The minimum absolute atomic E-state index is 0.457. The molecular weight excluding hydrogens is 190 g/mol. The van der Waals surface area contributed by atoms with Gasteiger partial charge >= 0.3 is 0 Å². The van der Waals surface area contributed by atoms with Crippen molar-refractivity contribution in [1.82, 2.24) is 0 Å². The molecule has 1 aliphatic rings. The van der Waals surface area contributed by atoms with Crippen molar-refractivity contribution < 1.29 is 0 Å². The predicted molar refractivity (Wildman–Crippen MR) is 48.4 cm³/mol. The van der Waals surface area contributed by atoms with Gasteiger partial charge in [0.25, 0.3) is 0 Å². The maximum atomic E-state index is 5.72. The Labute approximate surface area is 71.5 Å². The number of hydrogen-bond donors (Lipinski definition) is 1. The van der Waals surface area contributed by atoms with Gasteiger partial charge in [0.05, 0.1) is 0 Å². The Morgan fingerprint density at radius 1 is 1.20 bits per heavy atom. The zero-order chi connectivity index (χ0) is 7.45. The van der Waals surface area contributed by atoms with Crippen molar-refractivity contribution >= 4 is 15.9 Å². The van der Waals surface area contributed by atoms with Crippen LogP contribution in [0.4, 0.5) is 0 Å². The van der Waals surface area contributed by atoms with E-state index in [-0.39, 0.29) is 0 Å². The molecular formula is C8H16BrN. The average molecular weight is 206 g/mol. The highest BCUT2D eigenvalue weighted by Gasteiger charge is 2.28. The molecule has 1 saturated carbocycles. The molecule has 2 N–H and O–H groups in total. The van der Waals surface area contributed by atoms with E-state index < -0.39 is 0 Å². The molecule has 0 saturated heterocycles. The molecule has 1 rings (SSSR count). The summed E-state index contributed by atoms with van der Waals surface area (Å²) < 4.78 is 0. The van der Waals surface area contributed by atoms with Crippen LogP contribution in [0.5, 0.6) is 0 Å². The molecule has 0 aromatic heterocycles. The second kappa shape index (κ2) is 3.72. The van der Waals surface area contributed by atoms with Gasteiger partial charge in [0.15, 0.2) is 0 Å². The Kier molecular flexibility index (Phi) is 3.18. The second-order valence-corrected chi connectivity index (χ2v) is 3.96. The fourth-order valence-electron chi connectivity index (χ4n) is 1.69. The number of hydrogen-bond acceptors (Lipinski definition) is 1. The van der Waals surface area contributed by atoms with Gasteiger partial charge in [0, 0.05) is 5.33 Å². The van der Waals surface area contributed by atoms with Gasteiger partial charge in [-0.3, -0.25) is 0 Å². The van der Waals surface area contributed by atoms with Crippen molar-refractivity contribution in [3.05, 3.63) is 0 Å². The lowest BCUT2D eigenvalue weighted by Gasteiger charge is -2.34. The predicted octanol–water partition coefficient (Wildman–Crippen LogP) is 2.29. The molecule has 0 amide bonds. The normalized spacial score (nSPS) is 24.6. The van der Waals surface area contributed by atoms with Gasteiger partial charge in [-0.25, -0.2) is 0 Å². The first-order chi connectivity index (χ1) is 4.83. The molecule has 10 heavy (non-hydrogen) atoms. The summed E-state index contributed by atoms with van der Waals surface area (Å²) in [7, 11) is 0. The number of rotatable bonds is 2. The van der Waals surface area contributed by atoms with E-state index in [1.807, 2.05) is 0 Å². The maximum absolute atomic E-state index is 5.72. The highest BCUT2D eigenvalue weighted by atomic mass is 79.9. The molecule has 60 valence electrons. The fourth-order valence-corrected chi connectivity index (χ4v) is 2.48. The van der Waals surface area contributed by atoms with Gasteiger partial charge < -0.3 is 5.73 Å². The summed E-state index contributed by atoms with van der Waals surface area (Å²) >= 11 is 3.55. The fraction of sp³-hybridized carbons (Fsp3) is 1.00. The zero-order valence-corrected chi connectivity index (χ0v) is 7.99. The van der Waals surface area contributed by atoms with Crippen LogP contribution in [0.15, 0.2) is 0 Å². The number of nitrogens with two attached hydrogens (primary N) is 1. The van der Waals surface area contributed by atoms with E-state index in [0.717, 1.165) is 11.9 Å². The summed E-state index contributed by atoms with van der Waals surface area (Å²) in [5, 5.41) is 1.09. The third-order valence-electron chi connectivity index (χ3n) is 2.63. The van der Waals surface area contributed by atoms with Gasteiger partial charge in [0.1, 0.15) is 0 Å². The van der Waals surface area contributed by atoms with Crippen LogP contribution in [-0.4, -0.2) is 11.9 Å². The molecule has 0 unspecified atom stereocenters. The third kappa shape index (κ3) is 1.73. The standard InChI is InChI=1S/C8H16BrN/c9-6-8(7-10)4-2-1-3-5-8/h1-7,10H2. The molecule has 0 radical (unpaired) electrons. The van der Waals surface area contributed by atoms with Crippen LogP contribution in [0.1, 0.15) is 32.1 Å². The monoisotopic (exact) mass is 205 g/mol. The lowest BCUT2D eigenvalue weighted by molar-refractivity contribution is 0.235. The molecule has 0 aliphatic heterocycles. The van der Waals surface area contributed by atoms with Crippen molar-refractivity contribution in [3.8, 4) is 0 Å². The molecule has 1 aliphatic carbocycles. The van der Waals surface area contributed by atoms with E-state index in [1.54, 1.807) is 0 Å². The summed E-state index contributed by atoms with van der Waals surface area (Å²) in [5.41, 5.74) is 6.18. The van der Waals surface area contributed by atoms with Crippen LogP contribution in [-0.2, 0) is 0 Å². The number of halogens is 1. The van der Waals surface area contributed by atoms with Crippen molar-refractivity contribution in [3.63, 3.8) is 0 Å². The quantitative estimate of drug-likeness (QED) is 0.689. The Hall–Kier alpha value is 0.440. The lowest BCUT2D eigenvalue weighted by Crippen LogP contribution is -2.34. The minimum Gasteiger partial charge on any atom is -0.330 e. The largest absolute Gasteiger partial charge is 0.330 e. The Bertz CT molecular complexity index is 91.4. The molecule has 0 atom stereocenters. The summed E-state index contributed by atoms with van der Waals surface area (Å²) in [4.78, 5) is 0. The first-order valence-corrected chi connectivity index (χ1v) is 5.21. The van der Waals surface area contributed by atoms with Crippen molar-refractivity contribution in [2.24, 2.45) is 11.1 Å². The van der Waals surface area contributed by atoms with Crippen LogP contribution >= 0.6 is 15.9 Å². The van der Waals surface area contributed by atoms with Gasteiger partial charge in [-0.15, -0.1) is 0 Å². The van der Waals surface area contributed by atoms with Crippen molar-refractivity contribution in [2.75, 3.05) is 11.9 Å². The third-order valence-corrected chi connectivity index (χ3v) is 3.82. The van der Waals surface area contributed by atoms with Crippen LogP contribution in [0.25, 0.3) is 0 Å². The van der Waals surface area contributed by atoms with E-state index in [0.29, 0.717) is 5.41 Å². The summed E-state index contributed by atoms with van der Waals surface area (Å²) in [6.45, 7) is 0.859. The zero-order valence-electron chi connectivity index (χ0n) is 6.41. The Morgan fingerprint density at radius 2 is 1.80 bits per heavy atom. The van der Waals surface area contributed by atoms with E-state index in [1.165, 1.54) is 32.1 Å². The Balaban J connectivity index is 2.44. The molecule has 1 fully saturated rings. The highest BCUT2D eigenvalue weighted by Crippen LogP contribution is 2.36. The van der Waals surface area contributed by atoms with Crippen LogP contribution in [0.3, 0.4) is 0 Å². The lowest BCUT2D eigenvalue weighted by atomic mass is 9.76. The highest BCUT2D eigenvalue weighted by molar-refractivity contribution is 9.09. The van der Waals surface area contributed by atoms with Crippen LogP contribution in [0, 0.1) is 5.41 Å². The smallest absolute Gasteiger partial charge is 0.01000 e. The van der Waals surface area contributed by atoms with Gasteiger partial charge in [-0.2, -0.15) is 0 Å². The van der Waals surface area contributed by atoms with Crippen molar-refractivity contribution in [1.29, 1.82) is 0 Å². The molecule has 0 aromatic carbocycles. The van der Waals surface area contributed by atoms with Crippen LogP contribution < -0.4 is 5.73 Å². The maximum Gasteiger partial charge on any atom is 0.01000 e. The van der Waals surface area contributed by atoms with Crippen molar-refractivity contribution in [2.45, 2.75) is 32.1 Å². The topological polar surface area (TPSA) is 26.0 Å². The van der Waals surface area contributed by atoms with Gasteiger partial charge in [-0.1, -0.05) is 35.2 Å². The Morgan fingerprint density at radius 3 is 2.10 bits per heavy atom. The SMILES string of the molecule is NCC1(CBr)CCCCC1. The van der Waals surface area contributed by atoms with E-state index in [9.17, 15) is 0 Å². The molecule has 0 bridgehead atoms.